The Labute approximate surface area is 90.1 Å². The van der Waals surface area contributed by atoms with Crippen LogP contribution in [-0.2, 0) is 0 Å². The fourth-order valence-corrected chi connectivity index (χ4v) is 1.55. The van der Waals surface area contributed by atoms with Gasteiger partial charge < -0.3 is 10.6 Å². The first kappa shape index (κ1) is 11.5. The SMILES string of the molecule is CCNC(=O)c1c(C)cc(C)nc1NC. The first-order valence-electron chi connectivity index (χ1n) is 5.04. The van der Waals surface area contributed by atoms with Gasteiger partial charge in [0.1, 0.15) is 5.82 Å². The summed E-state index contributed by atoms with van der Waals surface area (Å²) in [6.45, 7) is 6.35. The fourth-order valence-electron chi connectivity index (χ4n) is 1.55. The lowest BCUT2D eigenvalue weighted by Gasteiger charge is -2.11. The van der Waals surface area contributed by atoms with Gasteiger partial charge in [0.25, 0.3) is 5.91 Å². The number of carbonyl (C=O) groups is 1. The predicted molar refractivity (Wildman–Crippen MR) is 61.3 cm³/mol. The molecule has 2 N–H and O–H groups in total. The maximum absolute atomic E-state index is 11.8. The zero-order chi connectivity index (χ0) is 11.4. The number of amides is 1. The molecule has 0 unspecified atom stereocenters. The Morgan fingerprint density at radius 2 is 2.13 bits per heavy atom. The third kappa shape index (κ3) is 2.46. The van der Waals surface area contributed by atoms with Crippen molar-refractivity contribution in [2.24, 2.45) is 0 Å². The zero-order valence-corrected chi connectivity index (χ0v) is 9.64. The van der Waals surface area contributed by atoms with E-state index in [1.807, 2.05) is 26.8 Å². The first-order chi connectivity index (χ1) is 7.10. The lowest BCUT2D eigenvalue weighted by Crippen LogP contribution is -2.25. The first-order valence-corrected chi connectivity index (χ1v) is 5.04. The van der Waals surface area contributed by atoms with Gasteiger partial charge in [0.05, 0.1) is 5.56 Å². The van der Waals surface area contributed by atoms with Crippen LogP contribution in [0.4, 0.5) is 5.82 Å². The number of pyridine rings is 1. The molecule has 0 saturated heterocycles. The lowest BCUT2D eigenvalue weighted by molar-refractivity contribution is 0.0956. The minimum absolute atomic E-state index is 0.0770. The number of aromatic nitrogens is 1. The molecule has 1 aromatic heterocycles. The van der Waals surface area contributed by atoms with Gasteiger partial charge in [0.15, 0.2) is 0 Å². The highest BCUT2D eigenvalue weighted by Gasteiger charge is 2.14. The molecule has 0 fully saturated rings. The van der Waals surface area contributed by atoms with E-state index in [2.05, 4.69) is 15.6 Å². The predicted octanol–water partition coefficient (Wildman–Crippen LogP) is 1.49. The van der Waals surface area contributed by atoms with Crippen LogP contribution in [0, 0.1) is 13.8 Å². The Balaban J connectivity index is 3.20. The van der Waals surface area contributed by atoms with Crippen molar-refractivity contribution in [1.29, 1.82) is 0 Å². The van der Waals surface area contributed by atoms with Gasteiger partial charge in [0.2, 0.25) is 0 Å². The third-order valence-corrected chi connectivity index (χ3v) is 2.15. The normalized spacial score (nSPS) is 9.87. The number of nitrogens with zero attached hydrogens (tertiary/aromatic N) is 1. The molecule has 1 heterocycles. The second-order valence-electron chi connectivity index (χ2n) is 3.41. The average molecular weight is 207 g/mol. The van der Waals surface area contributed by atoms with Crippen molar-refractivity contribution in [2.45, 2.75) is 20.8 Å². The van der Waals surface area contributed by atoms with Crippen LogP contribution in [0.25, 0.3) is 0 Å². The van der Waals surface area contributed by atoms with Crippen molar-refractivity contribution in [2.75, 3.05) is 18.9 Å². The summed E-state index contributed by atoms with van der Waals surface area (Å²) < 4.78 is 0. The summed E-state index contributed by atoms with van der Waals surface area (Å²) in [5.41, 5.74) is 2.48. The monoisotopic (exact) mass is 207 g/mol. The van der Waals surface area contributed by atoms with Crippen molar-refractivity contribution in [3.05, 3.63) is 22.9 Å². The lowest BCUT2D eigenvalue weighted by atomic mass is 10.1. The molecular formula is C11H17N3O. The summed E-state index contributed by atoms with van der Waals surface area (Å²) in [7, 11) is 1.77. The van der Waals surface area contributed by atoms with Gasteiger partial charge in [-0.1, -0.05) is 0 Å². The minimum atomic E-state index is -0.0770. The molecule has 0 spiro atoms. The van der Waals surface area contributed by atoms with Crippen molar-refractivity contribution < 1.29 is 4.79 Å². The van der Waals surface area contributed by atoms with E-state index in [0.29, 0.717) is 17.9 Å². The molecule has 0 radical (unpaired) electrons. The molecule has 0 atom stereocenters. The van der Waals surface area contributed by atoms with Gasteiger partial charge in [-0.15, -0.1) is 0 Å². The van der Waals surface area contributed by atoms with Crippen molar-refractivity contribution in [1.82, 2.24) is 10.3 Å². The number of rotatable bonds is 3. The van der Waals surface area contributed by atoms with E-state index >= 15 is 0 Å². The molecule has 0 aromatic carbocycles. The van der Waals surface area contributed by atoms with Crippen LogP contribution in [0.1, 0.15) is 28.5 Å². The van der Waals surface area contributed by atoms with E-state index in [1.165, 1.54) is 0 Å². The number of aryl methyl sites for hydroxylation is 2. The van der Waals surface area contributed by atoms with Crippen molar-refractivity contribution in [3.63, 3.8) is 0 Å². The molecule has 1 aromatic rings. The summed E-state index contributed by atoms with van der Waals surface area (Å²) in [5.74, 6) is 0.560. The maximum atomic E-state index is 11.8. The third-order valence-electron chi connectivity index (χ3n) is 2.15. The standard InChI is InChI=1S/C11H17N3O/c1-5-13-11(15)9-7(2)6-8(3)14-10(9)12-4/h6H,5H2,1-4H3,(H,12,14)(H,13,15). The molecular weight excluding hydrogens is 190 g/mol. The highest BCUT2D eigenvalue weighted by atomic mass is 16.1. The molecule has 4 nitrogen and oxygen atoms in total. The number of carbonyl (C=O) groups excluding carboxylic acids is 1. The zero-order valence-electron chi connectivity index (χ0n) is 9.64. The molecule has 0 saturated carbocycles. The van der Waals surface area contributed by atoms with Crippen LogP contribution < -0.4 is 10.6 Å². The molecule has 1 rings (SSSR count). The minimum Gasteiger partial charge on any atom is -0.372 e. The Hall–Kier alpha value is -1.58. The highest BCUT2D eigenvalue weighted by molar-refractivity contribution is 6.00. The van der Waals surface area contributed by atoms with Crippen LogP contribution in [0.5, 0.6) is 0 Å². The van der Waals surface area contributed by atoms with E-state index in [4.69, 9.17) is 0 Å². The second-order valence-corrected chi connectivity index (χ2v) is 3.41. The average Bonchev–Trinajstić information content (AvgIpc) is 2.16. The molecule has 15 heavy (non-hydrogen) atoms. The van der Waals surface area contributed by atoms with Gasteiger partial charge in [-0.2, -0.15) is 0 Å². The van der Waals surface area contributed by atoms with Crippen LogP contribution in [0.2, 0.25) is 0 Å². The number of hydrogen-bond acceptors (Lipinski definition) is 3. The Morgan fingerprint density at radius 3 is 2.67 bits per heavy atom. The van der Waals surface area contributed by atoms with E-state index in [1.54, 1.807) is 7.05 Å². The number of nitrogens with one attached hydrogen (secondary N) is 2. The molecule has 1 amide bonds. The van der Waals surface area contributed by atoms with Gasteiger partial charge >= 0.3 is 0 Å². The van der Waals surface area contributed by atoms with E-state index < -0.39 is 0 Å². The van der Waals surface area contributed by atoms with E-state index in [9.17, 15) is 4.79 Å². The Morgan fingerprint density at radius 1 is 1.47 bits per heavy atom. The molecule has 4 heteroatoms. The number of hydrogen-bond donors (Lipinski definition) is 2. The molecule has 0 aliphatic heterocycles. The quantitative estimate of drug-likeness (QED) is 0.789. The smallest absolute Gasteiger partial charge is 0.255 e. The van der Waals surface area contributed by atoms with Crippen LogP contribution >= 0.6 is 0 Å². The summed E-state index contributed by atoms with van der Waals surface area (Å²) in [4.78, 5) is 16.0. The van der Waals surface area contributed by atoms with Gasteiger partial charge in [-0.3, -0.25) is 4.79 Å². The Bertz CT molecular complexity index is 374. The van der Waals surface area contributed by atoms with Crippen LogP contribution in [0.3, 0.4) is 0 Å². The van der Waals surface area contributed by atoms with Crippen molar-refractivity contribution >= 4 is 11.7 Å². The van der Waals surface area contributed by atoms with Gasteiger partial charge in [0, 0.05) is 19.3 Å². The van der Waals surface area contributed by atoms with E-state index in [0.717, 1.165) is 11.3 Å². The van der Waals surface area contributed by atoms with E-state index in [-0.39, 0.29) is 5.91 Å². The summed E-state index contributed by atoms with van der Waals surface area (Å²) in [6, 6.07) is 1.91. The topological polar surface area (TPSA) is 54.0 Å². The largest absolute Gasteiger partial charge is 0.372 e. The van der Waals surface area contributed by atoms with Gasteiger partial charge in [-0.05, 0) is 32.4 Å². The second kappa shape index (κ2) is 4.77. The Kier molecular flexibility index (Phi) is 3.66. The molecule has 0 aliphatic carbocycles. The molecule has 0 bridgehead atoms. The number of anilines is 1. The highest BCUT2D eigenvalue weighted by Crippen LogP contribution is 2.17. The molecule has 82 valence electrons. The van der Waals surface area contributed by atoms with Crippen molar-refractivity contribution in [3.8, 4) is 0 Å². The summed E-state index contributed by atoms with van der Waals surface area (Å²) in [5, 5.41) is 5.72. The summed E-state index contributed by atoms with van der Waals surface area (Å²) >= 11 is 0. The molecule has 0 aliphatic rings. The van der Waals surface area contributed by atoms with Gasteiger partial charge in [-0.25, -0.2) is 4.98 Å². The fraction of sp³-hybridized carbons (Fsp3) is 0.455. The van der Waals surface area contributed by atoms with Crippen LogP contribution in [0.15, 0.2) is 6.07 Å². The summed E-state index contributed by atoms with van der Waals surface area (Å²) in [6.07, 6.45) is 0. The maximum Gasteiger partial charge on any atom is 0.255 e. The van der Waals surface area contributed by atoms with Crippen LogP contribution in [-0.4, -0.2) is 24.5 Å².